The van der Waals surface area contributed by atoms with E-state index in [1.54, 1.807) is 12.1 Å². The molecule has 2 bridgehead atoms. The van der Waals surface area contributed by atoms with Crippen molar-refractivity contribution in [2.45, 2.75) is 12.1 Å². The van der Waals surface area contributed by atoms with Crippen molar-refractivity contribution >= 4 is 22.9 Å². The number of rotatable bonds is 4. The minimum atomic E-state index is -0.461. The largest absolute Gasteiger partial charge is 0.338 e. The quantitative estimate of drug-likeness (QED) is 0.416. The Kier molecular flexibility index (Phi) is 4.73. The van der Waals surface area contributed by atoms with E-state index in [2.05, 4.69) is 41.4 Å². The summed E-state index contributed by atoms with van der Waals surface area (Å²) in [6, 6.07) is 23.2. The van der Waals surface area contributed by atoms with Crippen LogP contribution in [0.4, 0.5) is 11.5 Å². The van der Waals surface area contributed by atoms with Gasteiger partial charge in [0.05, 0.1) is 11.0 Å². The van der Waals surface area contributed by atoms with Crippen molar-refractivity contribution in [1.29, 1.82) is 0 Å². The molecule has 0 amide bonds. The van der Waals surface area contributed by atoms with Gasteiger partial charge < -0.3 is 4.90 Å². The van der Waals surface area contributed by atoms with Crippen LogP contribution in [0.1, 0.15) is 11.1 Å². The highest BCUT2D eigenvalue weighted by molar-refractivity contribution is 6.01. The maximum absolute atomic E-state index is 13.3. The molecule has 0 radical (unpaired) electrons. The summed E-state index contributed by atoms with van der Waals surface area (Å²) < 4.78 is 0. The molecule has 0 spiro atoms. The molecule has 3 aromatic rings. The number of ketones is 1. The lowest BCUT2D eigenvalue weighted by Crippen LogP contribution is -2.45. The average molecular weight is 447 g/mol. The third-order valence-electron chi connectivity index (χ3n) is 7.00. The van der Waals surface area contributed by atoms with E-state index in [9.17, 15) is 14.9 Å². The summed E-state index contributed by atoms with van der Waals surface area (Å²) in [6.07, 6.45) is 9.28. The molecule has 34 heavy (non-hydrogen) atoms. The number of hydrogen-bond acceptors (Lipinski definition) is 5. The van der Waals surface area contributed by atoms with Crippen LogP contribution < -0.4 is 4.90 Å². The molecule has 4 atom stereocenters. The summed E-state index contributed by atoms with van der Waals surface area (Å²) in [4.78, 5) is 30.3. The molecule has 2 aliphatic heterocycles. The van der Waals surface area contributed by atoms with Crippen LogP contribution in [0.5, 0.6) is 0 Å². The highest BCUT2D eigenvalue weighted by atomic mass is 16.6. The molecule has 1 fully saturated rings. The van der Waals surface area contributed by atoms with Crippen molar-refractivity contribution in [2.75, 3.05) is 4.90 Å². The third-order valence-corrected chi connectivity index (χ3v) is 7.00. The number of pyridine rings is 1. The zero-order chi connectivity index (χ0) is 23.2. The van der Waals surface area contributed by atoms with E-state index >= 15 is 0 Å². The van der Waals surface area contributed by atoms with Crippen LogP contribution >= 0.6 is 0 Å². The molecule has 6 heteroatoms. The first kappa shape index (κ1) is 20.3. The topological polar surface area (TPSA) is 76.3 Å². The first-order valence-corrected chi connectivity index (χ1v) is 11.3. The molecule has 1 saturated heterocycles. The summed E-state index contributed by atoms with van der Waals surface area (Å²) in [5.74, 6) is 0.689. The Labute approximate surface area is 196 Å². The Morgan fingerprint density at radius 1 is 0.882 bits per heavy atom. The number of carbonyl (C=O) groups is 1. The monoisotopic (exact) mass is 447 g/mol. The Bertz CT molecular complexity index is 1320. The Hall–Kier alpha value is -4.32. The first-order valence-electron chi connectivity index (χ1n) is 11.3. The fourth-order valence-corrected chi connectivity index (χ4v) is 5.62. The summed E-state index contributed by atoms with van der Waals surface area (Å²) >= 11 is 0. The molecule has 3 heterocycles. The standard InChI is InChI=1S/C28H21N3O3/c32-24-15-14-23-21-12-13-22(26(18-7-3-1-4-8-18)19-9-5-2-6-10-19)27(21)28(24)30(23)25-16-11-20(17-29-25)31(33)34/h1-17,21,23,27-28H/t21?,23-,27?,28+/m0/s1. The fourth-order valence-electron chi connectivity index (χ4n) is 5.62. The maximum atomic E-state index is 13.3. The minimum Gasteiger partial charge on any atom is -0.338 e. The number of fused-ring (bicyclic) bond motifs is 5. The zero-order valence-corrected chi connectivity index (χ0v) is 18.2. The molecule has 0 N–H and O–H groups in total. The minimum absolute atomic E-state index is 0.0329. The normalized spacial score (nSPS) is 24.4. The van der Waals surface area contributed by atoms with Crippen molar-refractivity contribution in [2.24, 2.45) is 11.8 Å². The van der Waals surface area contributed by atoms with Gasteiger partial charge in [-0.25, -0.2) is 4.98 Å². The van der Waals surface area contributed by atoms with E-state index in [-0.39, 0.29) is 29.3 Å². The summed E-state index contributed by atoms with van der Waals surface area (Å²) in [5.41, 5.74) is 4.42. The predicted octanol–water partition coefficient (Wildman–Crippen LogP) is 4.99. The van der Waals surface area contributed by atoms with Gasteiger partial charge in [-0.2, -0.15) is 0 Å². The van der Waals surface area contributed by atoms with Crippen molar-refractivity contribution in [1.82, 2.24) is 4.98 Å². The van der Waals surface area contributed by atoms with Crippen LogP contribution in [0.2, 0.25) is 0 Å². The molecular weight excluding hydrogens is 426 g/mol. The Balaban J connectivity index is 1.50. The van der Waals surface area contributed by atoms with Crippen LogP contribution in [-0.4, -0.2) is 27.8 Å². The van der Waals surface area contributed by atoms with Crippen molar-refractivity contribution < 1.29 is 9.72 Å². The smallest absolute Gasteiger partial charge is 0.287 e. The molecule has 2 unspecified atom stereocenters. The van der Waals surface area contributed by atoms with E-state index in [0.717, 1.165) is 22.3 Å². The van der Waals surface area contributed by atoms with E-state index in [1.807, 2.05) is 47.4 Å². The van der Waals surface area contributed by atoms with Gasteiger partial charge in [0.15, 0.2) is 5.78 Å². The van der Waals surface area contributed by atoms with Gasteiger partial charge in [-0.1, -0.05) is 78.9 Å². The van der Waals surface area contributed by atoms with Gasteiger partial charge in [0.2, 0.25) is 0 Å². The van der Waals surface area contributed by atoms with Crippen LogP contribution in [0.25, 0.3) is 5.57 Å². The van der Waals surface area contributed by atoms with Gasteiger partial charge in [0.25, 0.3) is 5.69 Å². The van der Waals surface area contributed by atoms with Crippen LogP contribution in [0, 0.1) is 22.0 Å². The second kappa shape index (κ2) is 7.92. The van der Waals surface area contributed by atoms with Gasteiger partial charge in [0.1, 0.15) is 18.1 Å². The van der Waals surface area contributed by atoms with Crippen LogP contribution in [0.15, 0.2) is 109 Å². The molecule has 1 aliphatic carbocycles. The SMILES string of the molecule is O=C1C=C[C@H]2C3C=CC(=C(c4ccccc4)c4ccccc4)C3[C@@H]1N2c1ccc([N+](=O)[O-])cn1. The van der Waals surface area contributed by atoms with Crippen molar-refractivity contribution in [3.63, 3.8) is 0 Å². The van der Waals surface area contributed by atoms with E-state index in [1.165, 1.54) is 12.3 Å². The zero-order valence-electron chi connectivity index (χ0n) is 18.2. The summed E-state index contributed by atoms with van der Waals surface area (Å²) in [6.45, 7) is 0. The summed E-state index contributed by atoms with van der Waals surface area (Å²) in [5, 5.41) is 11.1. The molecule has 0 saturated carbocycles. The number of aromatic nitrogens is 1. The summed E-state index contributed by atoms with van der Waals surface area (Å²) in [7, 11) is 0. The highest BCUT2D eigenvalue weighted by Crippen LogP contribution is 2.51. The lowest BCUT2D eigenvalue weighted by atomic mass is 9.81. The molecule has 6 nitrogen and oxygen atoms in total. The molecule has 2 aromatic carbocycles. The molecular formula is C28H21N3O3. The van der Waals surface area contributed by atoms with E-state index < -0.39 is 11.0 Å². The Morgan fingerprint density at radius 3 is 2.15 bits per heavy atom. The van der Waals surface area contributed by atoms with Gasteiger partial charge in [-0.3, -0.25) is 14.9 Å². The van der Waals surface area contributed by atoms with Gasteiger partial charge in [-0.15, -0.1) is 0 Å². The highest BCUT2D eigenvalue weighted by Gasteiger charge is 2.55. The number of anilines is 1. The number of hydrogen-bond donors (Lipinski definition) is 0. The van der Waals surface area contributed by atoms with Gasteiger partial charge in [0, 0.05) is 17.9 Å². The lowest BCUT2D eigenvalue weighted by molar-refractivity contribution is -0.385. The third kappa shape index (κ3) is 3.10. The maximum Gasteiger partial charge on any atom is 0.287 e. The lowest BCUT2D eigenvalue weighted by Gasteiger charge is -2.33. The Morgan fingerprint density at radius 2 is 1.56 bits per heavy atom. The number of allylic oxidation sites excluding steroid dienone is 1. The average Bonchev–Trinajstić information content (AvgIpc) is 3.39. The van der Waals surface area contributed by atoms with Crippen molar-refractivity contribution in [3.05, 3.63) is 130 Å². The molecule has 1 aromatic heterocycles. The molecule has 6 rings (SSSR count). The van der Waals surface area contributed by atoms with E-state index in [4.69, 9.17) is 0 Å². The molecule has 3 aliphatic rings. The predicted molar refractivity (Wildman–Crippen MR) is 130 cm³/mol. The van der Waals surface area contributed by atoms with Gasteiger partial charge >= 0.3 is 0 Å². The van der Waals surface area contributed by atoms with Crippen LogP contribution in [-0.2, 0) is 4.79 Å². The van der Waals surface area contributed by atoms with Crippen molar-refractivity contribution in [3.8, 4) is 0 Å². The number of nitro groups is 1. The molecule has 166 valence electrons. The van der Waals surface area contributed by atoms with E-state index in [0.29, 0.717) is 5.82 Å². The fraction of sp³-hybridized carbons (Fsp3) is 0.143. The number of carbonyl (C=O) groups excluding carboxylic acids is 1. The second-order valence-electron chi connectivity index (χ2n) is 8.76. The second-order valence-corrected chi connectivity index (χ2v) is 8.76. The number of nitrogens with zero attached hydrogens (tertiary/aromatic N) is 3. The first-order chi connectivity index (χ1) is 16.6. The van der Waals surface area contributed by atoms with Crippen LogP contribution in [0.3, 0.4) is 0 Å². The number of benzene rings is 2. The van der Waals surface area contributed by atoms with Gasteiger partial charge in [-0.05, 0) is 34.4 Å².